The number of pyridine rings is 1. The molecule has 0 aliphatic carbocycles. The molecule has 0 saturated heterocycles. The van der Waals surface area contributed by atoms with Crippen LogP contribution in [0, 0.1) is 6.92 Å². The smallest absolute Gasteiger partial charge is 0.450 e. The van der Waals surface area contributed by atoms with Crippen LogP contribution in [0.2, 0.25) is 0 Å². The van der Waals surface area contributed by atoms with E-state index in [1.807, 2.05) is 0 Å². The molecular weight excluding hydrogens is 425 g/mol. The quantitative estimate of drug-likeness (QED) is 0.498. The number of carbonyl (C=O) groups excluding carboxylic acids is 1. The zero-order chi connectivity index (χ0) is 22.9. The minimum Gasteiger partial charge on any atom is -0.494 e. The van der Waals surface area contributed by atoms with E-state index in [0.29, 0.717) is 23.6 Å². The van der Waals surface area contributed by atoms with Crippen molar-refractivity contribution in [3.8, 4) is 11.6 Å². The summed E-state index contributed by atoms with van der Waals surface area (Å²) in [6.45, 7) is 3.83. The molecule has 8 nitrogen and oxygen atoms in total. The van der Waals surface area contributed by atoms with Crippen molar-refractivity contribution in [3.63, 3.8) is 0 Å². The van der Waals surface area contributed by atoms with Crippen molar-refractivity contribution in [2.24, 2.45) is 0 Å². The zero-order valence-corrected chi connectivity index (χ0v) is 17.0. The van der Waals surface area contributed by atoms with E-state index in [1.165, 1.54) is 18.3 Å². The summed E-state index contributed by atoms with van der Waals surface area (Å²) in [6, 6.07) is 7.69. The summed E-state index contributed by atoms with van der Waals surface area (Å²) in [6.07, 6.45) is -0.846. The first-order valence-electron chi connectivity index (χ1n) is 9.56. The minimum absolute atomic E-state index is 0.0821. The topological polar surface area (TPSA) is 94.8 Å². The Morgan fingerprint density at radius 1 is 1.16 bits per heavy atom. The number of rotatable bonds is 5. The van der Waals surface area contributed by atoms with E-state index < -0.39 is 17.9 Å². The number of aryl methyl sites for hydroxylation is 1. The van der Waals surface area contributed by atoms with Crippen LogP contribution in [-0.2, 0) is 6.18 Å². The number of hydrogen-bond acceptors (Lipinski definition) is 6. The fourth-order valence-electron chi connectivity index (χ4n) is 3.15. The number of nitrogens with zero attached hydrogens (tertiary/aromatic N) is 5. The number of carbonyl (C=O) groups is 1. The molecule has 1 amide bonds. The first kappa shape index (κ1) is 21.2. The maximum Gasteiger partial charge on any atom is 0.450 e. The lowest BCUT2D eigenvalue weighted by Gasteiger charge is -2.11. The van der Waals surface area contributed by atoms with Crippen molar-refractivity contribution in [1.82, 2.24) is 24.5 Å². The molecule has 4 rings (SSSR count). The number of fused-ring (bicyclic) bond motifs is 1. The standard InChI is InChI=1S/C21H17F3N6O2/c1-3-32-13-6-7-16-15(9-13)28-20(21(22,23)24)30(16)18-11-26-17(10-27-18)29-19(31)14-5-4-8-25-12(14)2/h4-11H,3H2,1-2H3,(H,26,29,31). The first-order chi connectivity index (χ1) is 15.3. The van der Waals surface area contributed by atoms with Gasteiger partial charge < -0.3 is 10.1 Å². The number of ether oxygens (including phenoxy) is 1. The van der Waals surface area contributed by atoms with Crippen LogP contribution >= 0.6 is 0 Å². The number of anilines is 1. The van der Waals surface area contributed by atoms with Gasteiger partial charge in [0.1, 0.15) is 5.75 Å². The highest BCUT2D eigenvalue weighted by atomic mass is 19.4. The van der Waals surface area contributed by atoms with Gasteiger partial charge in [0.15, 0.2) is 11.6 Å². The largest absolute Gasteiger partial charge is 0.494 e. The van der Waals surface area contributed by atoms with Crippen LogP contribution in [0.3, 0.4) is 0 Å². The van der Waals surface area contributed by atoms with Crippen molar-refractivity contribution in [2.75, 3.05) is 11.9 Å². The summed E-state index contributed by atoms with van der Waals surface area (Å²) in [7, 11) is 0. The highest BCUT2D eigenvalue weighted by Crippen LogP contribution is 2.34. The molecule has 3 aromatic heterocycles. The predicted octanol–water partition coefficient (Wildman–Crippen LogP) is 4.19. The molecule has 0 unspecified atom stereocenters. The molecule has 0 bridgehead atoms. The number of imidazole rings is 1. The summed E-state index contributed by atoms with van der Waals surface area (Å²) in [5, 5.41) is 2.56. The number of benzene rings is 1. The minimum atomic E-state index is -4.72. The lowest BCUT2D eigenvalue weighted by molar-refractivity contribution is -0.145. The molecular formula is C21H17F3N6O2. The Kier molecular flexibility index (Phi) is 5.47. The molecule has 164 valence electrons. The van der Waals surface area contributed by atoms with Gasteiger partial charge >= 0.3 is 6.18 Å². The average molecular weight is 442 g/mol. The van der Waals surface area contributed by atoms with Gasteiger partial charge in [-0.1, -0.05) is 0 Å². The van der Waals surface area contributed by atoms with Crippen LogP contribution in [0.25, 0.3) is 16.9 Å². The Morgan fingerprint density at radius 3 is 2.62 bits per heavy atom. The third-order valence-electron chi connectivity index (χ3n) is 4.55. The molecule has 1 aromatic carbocycles. The number of hydrogen-bond donors (Lipinski definition) is 1. The number of nitrogens with one attached hydrogen (secondary N) is 1. The van der Waals surface area contributed by atoms with Gasteiger partial charge in [-0.2, -0.15) is 13.2 Å². The molecule has 0 aliphatic rings. The second kappa shape index (κ2) is 8.25. The van der Waals surface area contributed by atoms with E-state index in [-0.39, 0.29) is 22.7 Å². The lowest BCUT2D eigenvalue weighted by Crippen LogP contribution is -2.17. The van der Waals surface area contributed by atoms with E-state index >= 15 is 0 Å². The number of amides is 1. The van der Waals surface area contributed by atoms with Crippen molar-refractivity contribution < 1.29 is 22.7 Å². The van der Waals surface area contributed by atoms with Gasteiger partial charge in [-0.3, -0.25) is 14.3 Å². The molecule has 0 atom stereocenters. The molecule has 0 fully saturated rings. The third-order valence-corrected chi connectivity index (χ3v) is 4.55. The van der Waals surface area contributed by atoms with E-state index in [1.54, 1.807) is 38.2 Å². The number of alkyl halides is 3. The van der Waals surface area contributed by atoms with Gasteiger partial charge in [0, 0.05) is 18.0 Å². The van der Waals surface area contributed by atoms with E-state index in [9.17, 15) is 18.0 Å². The average Bonchev–Trinajstić information content (AvgIpc) is 3.14. The van der Waals surface area contributed by atoms with Crippen molar-refractivity contribution in [1.29, 1.82) is 0 Å². The molecule has 0 aliphatic heterocycles. The number of halogens is 3. The zero-order valence-electron chi connectivity index (χ0n) is 17.0. The Balaban J connectivity index is 1.69. The third kappa shape index (κ3) is 4.09. The molecule has 4 aromatic rings. The normalized spacial score (nSPS) is 11.5. The van der Waals surface area contributed by atoms with Gasteiger partial charge in [-0.05, 0) is 38.1 Å². The molecule has 32 heavy (non-hydrogen) atoms. The Hall–Kier alpha value is -4.02. The molecule has 1 N–H and O–H groups in total. The SMILES string of the molecule is CCOc1ccc2c(c1)nc(C(F)(F)F)n2-c1cnc(NC(=O)c2cccnc2C)cn1. The Bertz CT molecular complexity index is 1290. The van der Waals surface area contributed by atoms with Crippen molar-refractivity contribution >= 4 is 22.8 Å². The Labute approximate surface area is 180 Å². The van der Waals surface area contributed by atoms with Gasteiger partial charge in [0.05, 0.1) is 35.6 Å². The van der Waals surface area contributed by atoms with Gasteiger partial charge in [0.25, 0.3) is 5.91 Å². The summed E-state index contributed by atoms with van der Waals surface area (Å²) < 4.78 is 47.2. The van der Waals surface area contributed by atoms with Crippen molar-refractivity contribution in [2.45, 2.75) is 20.0 Å². The first-order valence-corrected chi connectivity index (χ1v) is 9.56. The van der Waals surface area contributed by atoms with Crippen LogP contribution in [0.1, 0.15) is 28.8 Å². The van der Waals surface area contributed by atoms with E-state index in [2.05, 4.69) is 25.3 Å². The summed E-state index contributed by atoms with van der Waals surface area (Å²) in [5.74, 6) is -1.20. The maximum absolute atomic E-state index is 13.7. The van der Waals surface area contributed by atoms with Gasteiger partial charge in [-0.25, -0.2) is 15.0 Å². The van der Waals surface area contributed by atoms with Gasteiger partial charge in [-0.15, -0.1) is 0 Å². The van der Waals surface area contributed by atoms with Gasteiger partial charge in [0.2, 0.25) is 5.82 Å². The van der Waals surface area contributed by atoms with Crippen LogP contribution < -0.4 is 10.1 Å². The van der Waals surface area contributed by atoms with E-state index in [0.717, 1.165) is 10.8 Å². The molecule has 0 radical (unpaired) electrons. The highest BCUT2D eigenvalue weighted by Gasteiger charge is 2.38. The van der Waals surface area contributed by atoms with Crippen LogP contribution in [0.4, 0.5) is 19.0 Å². The lowest BCUT2D eigenvalue weighted by atomic mass is 10.2. The predicted molar refractivity (Wildman–Crippen MR) is 110 cm³/mol. The number of aromatic nitrogens is 5. The molecule has 3 heterocycles. The summed E-state index contributed by atoms with van der Waals surface area (Å²) in [4.78, 5) is 28.3. The maximum atomic E-state index is 13.7. The van der Waals surface area contributed by atoms with Crippen molar-refractivity contribution in [3.05, 3.63) is 66.0 Å². The summed E-state index contributed by atoms with van der Waals surface area (Å²) >= 11 is 0. The van der Waals surface area contributed by atoms with E-state index in [4.69, 9.17) is 4.74 Å². The summed E-state index contributed by atoms with van der Waals surface area (Å²) in [5.41, 5.74) is 1.18. The fraction of sp³-hybridized carbons (Fsp3) is 0.190. The van der Waals surface area contributed by atoms with Crippen LogP contribution in [-0.4, -0.2) is 37.0 Å². The fourth-order valence-corrected chi connectivity index (χ4v) is 3.15. The molecule has 0 saturated carbocycles. The second-order valence-corrected chi connectivity index (χ2v) is 6.70. The monoisotopic (exact) mass is 442 g/mol. The van der Waals surface area contributed by atoms with Crippen LogP contribution in [0.15, 0.2) is 48.9 Å². The molecule has 0 spiro atoms. The highest BCUT2D eigenvalue weighted by molar-refractivity contribution is 6.04. The molecule has 11 heteroatoms. The Morgan fingerprint density at radius 2 is 1.97 bits per heavy atom. The second-order valence-electron chi connectivity index (χ2n) is 6.70. The van der Waals surface area contributed by atoms with Crippen LogP contribution in [0.5, 0.6) is 5.75 Å².